The summed E-state index contributed by atoms with van der Waals surface area (Å²) in [5, 5.41) is 5.20. The summed E-state index contributed by atoms with van der Waals surface area (Å²) in [7, 11) is 1.66. The Morgan fingerprint density at radius 1 is 1.15 bits per heavy atom. The highest BCUT2D eigenvalue weighted by Crippen LogP contribution is 2.32. The minimum Gasteiger partial charge on any atom is -0.497 e. The van der Waals surface area contributed by atoms with Gasteiger partial charge in [0.1, 0.15) is 5.75 Å². The average Bonchev–Trinajstić information content (AvgIpc) is 3.05. The number of nitrogens with zero attached hydrogens (tertiary/aromatic N) is 1. The van der Waals surface area contributed by atoms with Crippen molar-refractivity contribution in [2.45, 2.75) is 19.4 Å². The largest absolute Gasteiger partial charge is 0.497 e. The normalized spacial score (nSPS) is 12.2. The number of aromatic amines is 1. The molecule has 1 amide bonds. The number of nitrogens with one attached hydrogen (secondary N) is 2. The summed E-state index contributed by atoms with van der Waals surface area (Å²) in [5.41, 5.74) is 3.94. The number of aromatic nitrogens is 2. The monoisotopic (exact) mass is 359 g/mol. The maximum atomic E-state index is 11.8. The molecular formula is C22H21N3O2. The lowest BCUT2D eigenvalue weighted by atomic mass is 10.0. The molecule has 4 aromatic rings. The van der Waals surface area contributed by atoms with Crippen LogP contribution >= 0.6 is 0 Å². The van der Waals surface area contributed by atoms with Gasteiger partial charge in [-0.25, -0.2) is 0 Å². The van der Waals surface area contributed by atoms with Gasteiger partial charge in [0.2, 0.25) is 5.91 Å². The van der Waals surface area contributed by atoms with E-state index in [1.165, 1.54) is 6.92 Å². The van der Waals surface area contributed by atoms with E-state index in [0.29, 0.717) is 6.42 Å². The Kier molecular flexibility index (Phi) is 4.50. The fraction of sp³-hybridized carbons (Fsp3) is 0.182. The number of fused-ring (bicyclic) bond motifs is 3. The van der Waals surface area contributed by atoms with Crippen LogP contribution in [0.25, 0.3) is 21.8 Å². The fourth-order valence-corrected chi connectivity index (χ4v) is 3.53. The molecule has 0 fully saturated rings. The number of amides is 1. The van der Waals surface area contributed by atoms with E-state index >= 15 is 0 Å². The van der Waals surface area contributed by atoms with Crippen molar-refractivity contribution in [2.24, 2.45) is 0 Å². The molecule has 2 heterocycles. The number of hydrogen-bond acceptors (Lipinski definition) is 3. The van der Waals surface area contributed by atoms with Crippen LogP contribution in [0.3, 0.4) is 0 Å². The van der Waals surface area contributed by atoms with Crippen molar-refractivity contribution in [3.8, 4) is 5.75 Å². The van der Waals surface area contributed by atoms with Gasteiger partial charge in [0.05, 0.1) is 24.4 Å². The van der Waals surface area contributed by atoms with E-state index in [4.69, 9.17) is 4.74 Å². The van der Waals surface area contributed by atoms with Gasteiger partial charge in [0.15, 0.2) is 0 Å². The van der Waals surface area contributed by atoms with Gasteiger partial charge in [-0.15, -0.1) is 0 Å². The number of rotatable bonds is 5. The third-order valence-electron chi connectivity index (χ3n) is 4.75. The molecule has 4 rings (SSSR count). The lowest BCUT2D eigenvalue weighted by molar-refractivity contribution is -0.119. The second-order valence-electron chi connectivity index (χ2n) is 6.60. The molecule has 2 aromatic carbocycles. The first kappa shape index (κ1) is 17.1. The van der Waals surface area contributed by atoms with Gasteiger partial charge in [-0.2, -0.15) is 0 Å². The average molecular weight is 359 g/mol. The second kappa shape index (κ2) is 7.11. The van der Waals surface area contributed by atoms with Crippen LogP contribution in [0.4, 0.5) is 0 Å². The summed E-state index contributed by atoms with van der Waals surface area (Å²) in [6, 6.07) is 17.8. The van der Waals surface area contributed by atoms with Crippen LogP contribution in [0, 0.1) is 0 Å². The van der Waals surface area contributed by atoms with E-state index in [0.717, 1.165) is 38.8 Å². The third kappa shape index (κ3) is 3.36. The molecule has 0 saturated carbocycles. The Morgan fingerprint density at radius 3 is 2.70 bits per heavy atom. The van der Waals surface area contributed by atoms with Crippen molar-refractivity contribution in [3.05, 3.63) is 72.1 Å². The Labute approximate surface area is 157 Å². The Morgan fingerprint density at radius 2 is 1.96 bits per heavy atom. The van der Waals surface area contributed by atoms with Crippen LogP contribution in [-0.2, 0) is 11.2 Å². The van der Waals surface area contributed by atoms with Crippen LogP contribution in [0.5, 0.6) is 5.75 Å². The van der Waals surface area contributed by atoms with E-state index in [2.05, 4.69) is 27.4 Å². The number of methoxy groups -OCH3 is 1. The van der Waals surface area contributed by atoms with Gasteiger partial charge in [-0.1, -0.05) is 30.3 Å². The molecule has 2 aromatic heterocycles. The summed E-state index contributed by atoms with van der Waals surface area (Å²) in [6.45, 7) is 1.54. The van der Waals surface area contributed by atoms with Crippen molar-refractivity contribution in [2.75, 3.05) is 7.11 Å². The number of carbonyl (C=O) groups is 1. The standard InChI is InChI=1S/C22H21N3O2/c1-14(26)24-20(12-15-6-4-3-5-7-15)22-21-17(10-11-23-22)18-13-16(27-2)8-9-19(18)25-21/h3-11,13,20,25H,12H2,1-2H3,(H,24,26)/t20-/m1/s1. The van der Waals surface area contributed by atoms with Crippen LogP contribution in [0.2, 0.25) is 0 Å². The molecule has 0 saturated heterocycles. The highest BCUT2D eigenvalue weighted by atomic mass is 16.5. The first-order chi connectivity index (χ1) is 13.2. The zero-order valence-electron chi connectivity index (χ0n) is 15.3. The predicted octanol–water partition coefficient (Wildman–Crippen LogP) is 4.14. The third-order valence-corrected chi connectivity index (χ3v) is 4.75. The maximum Gasteiger partial charge on any atom is 0.217 e. The lowest BCUT2D eigenvalue weighted by Crippen LogP contribution is -2.28. The van der Waals surface area contributed by atoms with Crippen molar-refractivity contribution in [1.82, 2.24) is 15.3 Å². The summed E-state index contributed by atoms with van der Waals surface area (Å²) >= 11 is 0. The molecule has 0 aliphatic carbocycles. The number of pyridine rings is 1. The van der Waals surface area contributed by atoms with Crippen LogP contribution in [0.1, 0.15) is 24.2 Å². The second-order valence-corrected chi connectivity index (χ2v) is 6.60. The summed E-state index contributed by atoms with van der Waals surface area (Å²) in [6.07, 6.45) is 2.47. The molecule has 136 valence electrons. The predicted molar refractivity (Wildman–Crippen MR) is 107 cm³/mol. The van der Waals surface area contributed by atoms with Gasteiger partial charge >= 0.3 is 0 Å². The maximum absolute atomic E-state index is 11.8. The number of hydrogen-bond donors (Lipinski definition) is 2. The molecule has 5 nitrogen and oxygen atoms in total. The van der Waals surface area contributed by atoms with Crippen LogP contribution in [0.15, 0.2) is 60.8 Å². The lowest BCUT2D eigenvalue weighted by Gasteiger charge is -2.18. The molecule has 0 unspecified atom stereocenters. The first-order valence-electron chi connectivity index (χ1n) is 8.91. The van der Waals surface area contributed by atoms with Crippen molar-refractivity contribution in [3.63, 3.8) is 0 Å². The van der Waals surface area contributed by atoms with Crippen molar-refractivity contribution in [1.29, 1.82) is 0 Å². The van der Waals surface area contributed by atoms with Gasteiger partial charge < -0.3 is 15.0 Å². The highest BCUT2D eigenvalue weighted by Gasteiger charge is 2.20. The molecule has 1 atom stereocenters. The molecule has 0 aliphatic heterocycles. The SMILES string of the molecule is COc1ccc2[nH]c3c([C@@H](Cc4ccccc4)NC(C)=O)nccc3c2c1. The molecule has 0 bridgehead atoms. The molecule has 0 radical (unpaired) electrons. The fourth-order valence-electron chi connectivity index (χ4n) is 3.53. The molecule has 2 N–H and O–H groups in total. The van der Waals surface area contributed by atoms with Crippen LogP contribution in [-0.4, -0.2) is 23.0 Å². The van der Waals surface area contributed by atoms with Gasteiger partial charge in [0, 0.05) is 29.4 Å². The van der Waals surface area contributed by atoms with Crippen molar-refractivity contribution >= 4 is 27.7 Å². The molecule has 0 aliphatic rings. The minimum atomic E-state index is -0.219. The van der Waals surface area contributed by atoms with E-state index in [9.17, 15) is 4.79 Å². The van der Waals surface area contributed by atoms with E-state index in [1.807, 2.05) is 42.5 Å². The zero-order chi connectivity index (χ0) is 18.8. The van der Waals surface area contributed by atoms with Gasteiger partial charge in [-0.3, -0.25) is 9.78 Å². The minimum absolute atomic E-state index is 0.0764. The first-order valence-corrected chi connectivity index (χ1v) is 8.91. The van der Waals surface area contributed by atoms with E-state index in [-0.39, 0.29) is 11.9 Å². The quantitative estimate of drug-likeness (QED) is 0.563. The number of H-pyrrole nitrogens is 1. The number of ether oxygens (including phenoxy) is 1. The van der Waals surface area contributed by atoms with Crippen molar-refractivity contribution < 1.29 is 9.53 Å². The van der Waals surface area contributed by atoms with E-state index < -0.39 is 0 Å². The summed E-state index contributed by atoms with van der Waals surface area (Å²) < 4.78 is 5.36. The molecule has 27 heavy (non-hydrogen) atoms. The summed E-state index contributed by atoms with van der Waals surface area (Å²) in [5.74, 6) is 0.733. The molecular weight excluding hydrogens is 338 g/mol. The zero-order valence-corrected chi connectivity index (χ0v) is 15.3. The van der Waals surface area contributed by atoms with Crippen LogP contribution < -0.4 is 10.1 Å². The smallest absolute Gasteiger partial charge is 0.217 e. The van der Waals surface area contributed by atoms with Gasteiger partial charge in [-0.05, 0) is 36.2 Å². The van der Waals surface area contributed by atoms with Gasteiger partial charge in [0.25, 0.3) is 0 Å². The Balaban J connectivity index is 1.85. The molecule has 0 spiro atoms. The number of carbonyl (C=O) groups excluding carboxylic acids is 1. The topological polar surface area (TPSA) is 67.0 Å². The summed E-state index contributed by atoms with van der Waals surface area (Å²) in [4.78, 5) is 19.9. The number of benzene rings is 2. The van der Waals surface area contributed by atoms with E-state index in [1.54, 1.807) is 13.3 Å². The Hall–Kier alpha value is -3.34. The highest BCUT2D eigenvalue weighted by molar-refractivity contribution is 6.08. The molecule has 5 heteroatoms. The Bertz CT molecular complexity index is 1100.